The van der Waals surface area contributed by atoms with Crippen molar-refractivity contribution in [2.75, 3.05) is 5.73 Å². The quantitative estimate of drug-likeness (QED) is 0.839. The zero-order chi connectivity index (χ0) is 12.4. The number of nitrogens with two attached hydrogens (primary N) is 1. The van der Waals surface area contributed by atoms with Gasteiger partial charge in [-0.15, -0.1) is 0 Å². The lowest BCUT2D eigenvalue weighted by Crippen LogP contribution is -2.13. The normalized spacial score (nSPS) is 12.9. The van der Waals surface area contributed by atoms with Crippen LogP contribution in [0.5, 0.6) is 0 Å². The van der Waals surface area contributed by atoms with E-state index in [4.69, 9.17) is 5.73 Å². The molecule has 0 spiro atoms. The molecule has 3 nitrogen and oxygen atoms in total. The molecule has 2 rings (SSSR count). The fourth-order valence-corrected chi connectivity index (χ4v) is 3.77. The molecule has 0 bridgehead atoms. The minimum atomic E-state index is -0.821. The fourth-order valence-electron chi connectivity index (χ4n) is 1.41. The Hall–Kier alpha value is -1.04. The molecule has 1 atom stereocenters. The van der Waals surface area contributed by atoms with Gasteiger partial charge in [-0.25, -0.2) is 0 Å². The van der Waals surface area contributed by atoms with Crippen LogP contribution in [-0.4, -0.2) is 14.8 Å². The number of benzene rings is 1. The molecule has 1 unspecified atom stereocenters. The van der Waals surface area contributed by atoms with Crippen LogP contribution >= 0.6 is 11.3 Å². The van der Waals surface area contributed by atoms with Gasteiger partial charge in [0.05, 0.1) is 0 Å². The molecule has 0 aliphatic heterocycles. The predicted molar refractivity (Wildman–Crippen MR) is 75.4 cm³/mol. The summed E-state index contributed by atoms with van der Waals surface area (Å²) in [6.07, 6.45) is 0. The number of hydrogen-bond donors (Lipinski definition) is 2. The minimum Gasteiger partial charge on any atom is -0.389 e. The first-order chi connectivity index (χ1) is 8.09. The second-order valence-corrected chi connectivity index (χ2v) is 7.17. The summed E-state index contributed by atoms with van der Waals surface area (Å²) in [6, 6.07) is 9.81. The van der Waals surface area contributed by atoms with E-state index < -0.39 is 11.2 Å². The van der Waals surface area contributed by atoms with Crippen molar-refractivity contribution in [2.45, 2.75) is 23.4 Å². The van der Waals surface area contributed by atoms with Gasteiger partial charge in [-0.05, 0) is 25.2 Å². The molecule has 1 aromatic carbocycles. The van der Waals surface area contributed by atoms with Gasteiger partial charge < -0.3 is 5.73 Å². The summed E-state index contributed by atoms with van der Waals surface area (Å²) in [5.41, 5.74) is 7.73. The maximum Gasteiger partial charge on any atom is 0.341 e. The molecule has 5 heteroatoms. The van der Waals surface area contributed by atoms with Gasteiger partial charge in [0.15, 0.2) is 5.25 Å². The average Bonchev–Trinajstić information content (AvgIpc) is 2.71. The van der Waals surface area contributed by atoms with Gasteiger partial charge in [-0.2, -0.15) is 9.54 Å². The Bertz CT molecular complexity index is 496. The highest BCUT2D eigenvalue weighted by atomic mass is 32.2. The molecule has 1 aromatic heterocycles. The van der Waals surface area contributed by atoms with Crippen LogP contribution in [0.1, 0.15) is 13.8 Å². The summed E-state index contributed by atoms with van der Waals surface area (Å²) in [7, 11) is 0. The second-order valence-electron chi connectivity index (χ2n) is 3.92. The van der Waals surface area contributed by atoms with E-state index in [1.54, 1.807) is 0 Å². The van der Waals surface area contributed by atoms with Crippen LogP contribution in [0.4, 0.5) is 5.00 Å². The molecule has 0 saturated heterocycles. The molecule has 17 heavy (non-hydrogen) atoms. The van der Waals surface area contributed by atoms with Crippen molar-refractivity contribution in [1.29, 1.82) is 0 Å². The summed E-state index contributed by atoms with van der Waals surface area (Å²) < 4.78 is 10.7. The molecule has 0 radical (unpaired) electrons. The highest BCUT2D eigenvalue weighted by molar-refractivity contribution is 7.94. The zero-order valence-corrected chi connectivity index (χ0v) is 11.4. The minimum absolute atomic E-state index is 0.171. The van der Waals surface area contributed by atoms with Crippen LogP contribution in [0.25, 0.3) is 11.3 Å². The molecule has 0 aliphatic carbocycles. The van der Waals surface area contributed by atoms with Crippen molar-refractivity contribution < 1.29 is 4.55 Å². The zero-order valence-electron chi connectivity index (χ0n) is 9.75. The molecule has 90 valence electrons. The van der Waals surface area contributed by atoms with Gasteiger partial charge in [0, 0.05) is 5.56 Å². The van der Waals surface area contributed by atoms with Crippen LogP contribution in [0.2, 0.25) is 0 Å². The Balaban J connectivity index is 2.38. The third kappa shape index (κ3) is 2.62. The number of aromatic nitrogens is 1. The largest absolute Gasteiger partial charge is 0.389 e. The maximum atomic E-state index is 10.0. The molecular formula is C12H15N2OS2+. The van der Waals surface area contributed by atoms with Gasteiger partial charge >= 0.3 is 4.34 Å². The topological polar surface area (TPSA) is 59.1 Å². The van der Waals surface area contributed by atoms with E-state index in [1.165, 1.54) is 11.3 Å². The number of anilines is 1. The van der Waals surface area contributed by atoms with E-state index in [0.717, 1.165) is 15.6 Å². The summed E-state index contributed by atoms with van der Waals surface area (Å²) in [4.78, 5) is 4.46. The third-order valence-corrected chi connectivity index (χ3v) is 5.09. The van der Waals surface area contributed by atoms with E-state index in [1.807, 2.05) is 44.2 Å². The molecule has 0 aliphatic rings. The Morgan fingerprint density at radius 1 is 1.29 bits per heavy atom. The lowest BCUT2D eigenvalue weighted by atomic mass is 10.2. The predicted octanol–water partition coefficient (Wildman–Crippen LogP) is 3.25. The van der Waals surface area contributed by atoms with E-state index in [2.05, 4.69) is 4.98 Å². The van der Waals surface area contributed by atoms with Gasteiger partial charge in [-0.3, -0.25) is 0 Å². The SMILES string of the molecule is CC(C)[S+](O)c1nc(-c2ccccc2)c(N)s1. The summed E-state index contributed by atoms with van der Waals surface area (Å²) in [5, 5.41) is 0.836. The van der Waals surface area contributed by atoms with Gasteiger partial charge in [-0.1, -0.05) is 30.3 Å². The number of thiazole rings is 1. The first-order valence-electron chi connectivity index (χ1n) is 5.33. The first-order valence-corrected chi connectivity index (χ1v) is 7.39. The van der Waals surface area contributed by atoms with Crippen molar-refractivity contribution in [3.05, 3.63) is 30.3 Å². The van der Waals surface area contributed by atoms with Crippen molar-refractivity contribution in [3.63, 3.8) is 0 Å². The van der Waals surface area contributed by atoms with Crippen LogP contribution < -0.4 is 5.73 Å². The highest BCUT2D eigenvalue weighted by Crippen LogP contribution is 2.33. The number of nitrogens with zero attached hydrogens (tertiary/aromatic N) is 1. The molecule has 2 aromatic rings. The Morgan fingerprint density at radius 3 is 2.53 bits per heavy atom. The molecule has 0 saturated carbocycles. The van der Waals surface area contributed by atoms with E-state index in [9.17, 15) is 4.55 Å². The standard InChI is InChI=1S/C12H15N2OS2/c1-8(2)17(15)12-14-10(11(13)16-12)9-6-4-3-5-7-9/h3-8,15H,13H2,1-2H3/q+1. The van der Waals surface area contributed by atoms with E-state index in [0.29, 0.717) is 5.00 Å². The van der Waals surface area contributed by atoms with Gasteiger partial charge in [0.1, 0.15) is 10.7 Å². The average molecular weight is 267 g/mol. The van der Waals surface area contributed by atoms with Crippen LogP contribution in [0.3, 0.4) is 0 Å². The van der Waals surface area contributed by atoms with Crippen LogP contribution in [0, 0.1) is 0 Å². The summed E-state index contributed by atoms with van der Waals surface area (Å²) >= 11 is 0.554. The Labute approximate surface area is 108 Å². The molecule has 0 amide bonds. The monoisotopic (exact) mass is 267 g/mol. The number of nitrogen functional groups attached to an aromatic ring is 1. The van der Waals surface area contributed by atoms with Gasteiger partial charge in [0.25, 0.3) is 0 Å². The van der Waals surface area contributed by atoms with Crippen molar-refractivity contribution in [1.82, 2.24) is 4.98 Å². The Morgan fingerprint density at radius 2 is 1.94 bits per heavy atom. The molecule has 3 N–H and O–H groups in total. The lowest BCUT2D eigenvalue weighted by molar-refractivity contribution is 0.627. The van der Waals surface area contributed by atoms with Crippen molar-refractivity contribution in [3.8, 4) is 11.3 Å². The summed E-state index contributed by atoms with van der Waals surface area (Å²) in [6.45, 7) is 3.95. The van der Waals surface area contributed by atoms with E-state index in [-0.39, 0.29) is 5.25 Å². The fraction of sp³-hybridized carbons (Fsp3) is 0.250. The van der Waals surface area contributed by atoms with Crippen molar-refractivity contribution >= 4 is 27.5 Å². The highest BCUT2D eigenvalue weighted by Gasteiger charge is 2.30. The van der Waals surface area contributed by atoms with Crippen LogP contribution in [0.15, 0.2) is 34.7 Å². The molecular weight excluding hydrogens is 252 g/mol. The maximum absolute atomic E-state index is 10.0. The summed E-state index contributed by atoms with van der Waals surface area (Å²) in [5.74, 6) is 0. The van der Waals surface area contributed by atoms with E-state index >= 15 is 0 Å². The second kappa shape index (κ2) is 5.08. The number of rotatable bonds is 3. The van der Waals surface area contributed by atoms with Gasteiger partial charge in [0.2, 0.25) is 11.2 Å². The first kappa shape index (κ1) is 12.4. The van der Waals surface area contributed by atoms with Crippen LogP contribution in [-0.2, 0) is 11.2 Å². The van der Waals surface area contributed by atoms with Crippen molar-refractivity contribution in [2.24, 2.45) is 0 Å². The number of hydrogen-bond acceptors (Lipinski definition) is 4. The third-order valence-electron chi connectivity index (χ3n) is 2.31. The Kier molecular flexibility index (Phi) is 3.71. The molecule has 0 fully saturated rings. The molecule has 1 heterocycles. The lowest BCUT2D eigenvalue weighted by Gasteiger charge is -1.97. The smallest absolute Gasteiger partial charge is 0.341 e.